The van der Waals surface area contributed by atoms with Gasteiger partial charge in [0.15, 0.2) is 5.96 Å². The predicted molar refractivity (Wildman–Crippen MR) is 115 cm³/mol. The van der Waals surface area contributed by atoms with Gasteiger partial charge in [0.2, 0.25) is 17.7 Å². The number of guanidine groups is 1. The molecule has 1 rings (SSSR count). The van der Waals surface area contributed by atoms with Crippen LogP contribution in [0.1, 0.15) is 46.5 Å². The van der Waals surface area contributed by atoms with Crippen LogP contribution in [0, 0.1) is 5.92 Å². The highest BCUT2D eigenvalue weighted by Gasteiger charge is 2.39. The molecule has 0 radical (unpaired) electrons. The molecule has 31 heavy (non-hydrogen) atoms. The molecule has 0 aromatic rings. The molecule has 12 heteroatoms. The number of nitrogens with two attached hydrogens (primary N) is 3. The topological polar surface area (TPSA) is 206 Å². The summed E-state index contributed by atoms with van der Waals surface area (Å²) >= 11 is 0. The van der Waals surface area contributed by atoms with Gasteiger partial charge in [0.1, 0.15) is 18.1 Å². The second-order valence-corrected chi connectivity index (χ2v) is 8.06. The summed E-state index contributed by atoms with van der Waals surface area (Å²) in [6, 6.07) is -3.61. The number of rotatable bonds is 11. The molecule has 176 valence electrons. The van der Waals surface area contributed by atoms with Crippen LogP contribution >= 0.6 is 0 Å². The number of hydrogen-bond donors (Lipinski definition) is 6. The largest absolute Gasteiger partial charge is 0.480 e. The minimum absolute atomic E-state index is 0.0790. The van der Waals surface area contributed by atoms with Crippen molar-refractivity contribution in [2.75, 3.05) is 13.1 Å². The van der Waals surface area contributed by atoms with Gasteiger partial charge in [-0.25, -0.2) is 4.79 Å². The third kappa shape index (κ3) is 8.04. The third-order valence-electron chi connectivity index (χ3n) is 5.04. The first-order valence-corrected chi connectivity index (χ1v) is 10.4. The van der Waals surface area contributed by atoms with Gasteiger partial charge in [0, 0.05) is 13.1 Å². The Morgan fingerprint density at radius 2 is 1.77 bits per heavy atom. The smallest absolute Gasteiger partial charge is 0.326 e. The Morgan fingerprint density at radius 3 is 2.29 bits per heavy atom. The predicted octanol–water partition coefficient (Wildman–Crippen LogP) is -1.91. The Balaban J connectivity index is 2.93. The maximum absolute atomic E-state index is 13.0. The van der Waals surface area contributed by atoms with Gasteiger partial charge < -0.3 is 37.8 Å². The zero-order chi connectivity index (χ0) is 23.7. The Hall–Kier alpha value is -2.89. The monoisotopic (exact) mass is 441 g/mol. The number of amides is 3. The lowest BCUT2D eigenvalue weighted by Crippen LogP contribution is -2.58. The molecular formula is C19H35N7O5. The second kappa shape index (κ2) is 12.1. The number of carboxylic acid groups (broad SMARTS) is 1. The van der Waals surface area contributed by atoms with E-state index >= 15 is 0 Å². The Labute approximate surface area is 182 Å². The van der Waals surface area contributed by atoms with Crippen LogP contribution in [0.3, 0.4) is 0 Å². The lowest BCUT2D eigenvalue weighted by molar-refractivity contribution is -0.150. The number of nitrogens with zero attached hydrogens (tertiary/aromatic N) is 2. The number of carbonyl (C=O) groups excluding carboxylic acids is 3. The van der Waals surface area contributed by atoms with Crippen molar-refractivity contribution >= 4 is 29.7 Å². The lowest BCUT2D eigenvalue weighted by atomic mass is 10.0. The highest BCUT2D eigenvalue weighted by Crippen LogP contribution is 2.20. The molecule has 0 spiro atoms. The highest BCUT2D eigenvalue weighted by molar-refractivity contribution is 5.94. The average Bonchev–Trinajstić information content (AvgIpc) is 3.17. The van der Waals surface area contributed by atoms with Crippen molar-refractivity contribution in [3.05, 3.63) is 0 Å². The minimum Gasteiger partial charge on any atom is -0.480 e. The summed E-state index contributed by atoms with van der Waals surface area (Å²) in [5, 5.41) is 14.6. The minimum atomic E-state index is -1.07. The molecule has 0 aliphatic carbocycles. The van der Waals surface area contributed by atoms with Crippen LogP contribution in [-0.4, -0.2) is 76.9 Å². The van der Waals surface area contributed by atoms with E-state index in [1.165, 1.54) is 11.8 Å². The Bertz CT molecular complexity index is 691. The number of hydrogen-bond acceptors (Lipinski definition) is 6. The Kier molecular flexibility index (Phi) is 10.2. The normalized spacial score (nSPS) is 18.7. The molecule has 0 bridgehead atoms. The first kappa shape index (κ1) is 26.1. The van der Waals surface area contributed by atoms with Gasteiger partial charge in [-0.05, 0) is 38.5 Å². The molecule has 0 aromatic heterocycles. The summed E-state index contributed by atoms with van der Waals surface area (Å²) in [5.74, 6) is -2.97. The fourth-order valence-electron chi connectivity index (χ4n) is 3.31. The maximum atomic E-state index is 13.0. The van der Waals surface area contributed by atoms with Gasteiger partial charge in [0.05, 0.1) is 6.04 Å². The molecule has 1 aliphatic rings. The van der Waals surface area contributed by atoms with E-state index in [9.17, 15) is 24.3 Å². The van der Waals surface area contributed by atoms with Crippen molar-refractivity contribution in [1.29, 1.82) is 0 Å². The van der Waals surface area contributed by atoms with Gasteiger partial charge in [-0.1, -0.05) is 13.8 Å². The summed E-state index contributed by atoms with van der Waals surface area (Å²) in [6.45, 7) is 5.58. The summed E-state index contributed by atoms with van der Waals surface area (Å²) in [6.07, 6.45) is 1.58. The fourth-order valence-corrected chi connectivity index (χ4v) is 3.31. The molecule has 1 fully saturated rings. The number of carboxylic acids is 1. The molecule has 9 N–H and O–H groups in total. The van der Waals surface area contributed by atoms with Crippen molar-refractivity contribution in [1.82, 2.24) is 15.5 Å². The third-order valence-corrected chi connectivity index (χ3v) is 5.04. The van der Waals surface area contributed by atoms with E-state index in [1.807, 2.05) is 0 Å². The summed E-state index contributed by atoms with van der Waals surface area (Å²) in [7, 11) is 0. The molecule has 0 saturated carbocycles. The Morgan fingerprint density at radius 1 is 1.13 bits per heavy atom. The van der Waals surface area contributed by atoms with E-state index < -0.39 is 47.9 Å². The maximum Gasteiger partial charge on any atom is 0.326 e. The second-order valence-electron chi connectivity index (χ2n) is 8.06. The zero-order valence-electron chi connectivity index (χ0n) is 18.3. The van der Waals surface area contributed by atoms with E-state index in [2.05, 4.69) is 15.6 Å². The van der Waals surface area contributed by atoms with Gasteiger partial charge in [0.25, 0.3) is 0 Å². The molecular weight excluding hydrogens is 406 g/mol. The van der Waals surface area contributed by atoms with Gasteiger partial charge in [-0.15, -0.1) is 0 Å². The fraction of sp³-hybridized carbons (Fsp3) is 0.737. The number of carbonyl (C=O) groups is 4. The SMILES string of the molecule is CC(N)C(=O)NC(CCCN=C(N)N)C(=O)NC(C(=O)N1CCCC1C(=O)O)C(C)C. The molecule has 1 aliphatic heterocycles. The van der Waals surface area contributed by atoms with Crippen molar-refractivity contribution in [2.24, 2.45) is 28.1 Å². The van der Waals surface area contributed by atoms with Crippen LogP contribution in [0.2, 0.25) is 0 Å². The molecule has 4 atom stereocenters. The van der Waals surface area contributed by atoms with Crippen molar-refractivity contribution < 1.29 is 24.3 Å². The first-order valence-electron chi connectivity index (χ1n) is 10.4. The molecule has 0 aromatic carbocycles. The van der Waals surface area contributed by atoms with Gasteiger partial charge >= 0.3 is 5.97 Å². The van der Waals surface area contributed by atoms with E-state index in [-0.39, 0.29) is 24.8 Å². The van der Waals surface area contributed by atoms with Crippen molar-refractivity contribution in [2.45, 2.75) is 70.6 Å². The number of aliphatic carboxylic acids is 1. The van der Waals surface area contributed by atoms with Crippen molar-refractivity contribution in [3.8, 4) is 0 Å². The number of nitrogens with one attached hydrogen (secondary N) is 2. The molecule has 1 saturated heterocycles. The van der Waals surface area contributed by atoms with E-state index in [0.29, 0.717) is 25.8 Å². The summed E-state index contributed by atoms with van der Waals surface area (Å²) < 4.78 is 0. The molecule has 1 heterocycles. The molecule has 4 unspecified atom stereocenters. The summed E-state index contributed by atoms with van der Waals surface area (Å²) in [5.41, 5.74) is 16.2. The van der Waals surface area contributed by atoms with Gasteiger partial charge in [-0.3, -0.25) is 19.4 Å². The van der Waals surface area contributed by atoms with Crippen molar-refractivity contribution in [3.63, 3.8) is 0 Å². The highest BCUT2D eigenvalue weighted by atomic mass is 16.4. The standard InChI is InChI=1S/C19H35N7O5/c1-10(2)14(17(29)26-9-5-7-13(26)18(30)31)25-16(28)12(24-15(27)11(3)20)6-4-8-23-19(21)22/h10-14H,4-9,20H2,1-3H3,(H,24,27)(H,25,28)(H,30,31)(H4,21,22,23). The van der Waals surface area contributed by atoms with E-state index in [4.69, 9.17) is 17.2 Å². The zero-order valence-corrected chi connectivity index (χ0v) is 18.3. The van der Waals surface area contributed by atoms with Crippen LogP contribution < -0.4 is 27.8 Å². The summed E-state index contributed by atoms with van der Waals surface area (Å²) in [4.78, 5) is 54.6. The van der Waals surface area contributed by atoms with E-state index in [0.717, 1.165) is 0 Å². The van der Waals surface area contributed by atoms with E-state index in [1.54, 1.807) is 13.8 Å². The molecule has 3 amide bonds. The van der Waals surface area contributed by atoms with Crippen LogP contribution in [0.5, 0.6) is 0 Å². The first-order chi connectivity index (χ1) is 14.5. The average molecular weight is 442 g/mol. The van der Waals surface area contributed by atoms with Crippen LogP contribution in [-0.2, 0) is 19.2 Å². The quantitative estimate of drug-likeness (QED) is 0.121. The molecule has 12 nitrogen and oxygen atoms in total. The number of aliphatic imine (C=N–C) groups is 1. The van der Waals surface area contributed by atoms with Crippen LogP contribution in [0.4, 0.5) is 0 Å². The van der Waals surface area contributed by atoms with Crippen LogP contribution in [0.15, 0.2) is 4.99 Å². The van der Waals surface area contributed by atoms with Crippen LogP contribution in [0.25, 0.3) is 0 Å². The lowest BCUT2D eigenvalue weighted by Gasteiger charge is -2.30. The van der Waals surface area contributed by atoms with Gasteiger partial charge in [-0.2, -0.15) is 0 Å². The number of likely N-dealkylation sites (tertiary alicyclic amines) is 1.